The van der Waals surface area contributed by atoms with Crippen molar-refractivity contribution < 1.29 is 14.3 Å². The van der Waals surface area contributed by atoms with Gasteiger partial charge in [0.05, 0.1) is 5.69 Å². The number of alkyl halides is 1. The molecule has 88 valence electrons. The Kier molecular flexibility index (Phi) is 2.91. The van der Waals surface area contributed by atoms with Crippen LogP contribution in [0.5, 0.6) is 0 Å². The van der Waals surface area contributed by atoms with Crippen LogP contribution in [0.1, 0.15) is 16.1 Å². The molecule has 0 spiro atoms. The van der Waals surface area contributed by atoms with E-state index in [1.165, 1.54) is 10.7 Å². The van der Waals surface area contributed by atoms with E-state index in [0.29, 0.717) is 11.3 Å². The van der Waals surface area contributed by atoms with Crippen molar-refractivity contribution in [1.82, 2.24) is 9.78 Å². The Morgan fingerprint density at radius 2 is 2.24 bits per heavy atom. The van der Waals surface area contributed by atoms with Crippen molar-refractivity contribution in [1.29, 1.82) is 0 Å². The number of carboxylic acid groups (broad SMARTS) is 1. The SMILES string of the molecule is Cn1nc(C(=O)O)cc1-c1cccc(CF)c1. The van der Waals surface area contributed by atoms with Gasteiger partial charge in [-0.15, -0.1) is 0 Å². The van der Waals surface area contributed by atoms with E-state index in [-0.39, 0.29) is 5.69 Å². The number of aromatic nitrogens is 2. The molecule has 0 amide bonds. The maximum absolute atomic E-state index is 12.5. The van der Waals surface area contributed by atoms with Crippen LogP contribution in [0.3, 0.4) is 0 Å². The van der Waals surface area contributed by atoms with E-state index in [9.17, 15) is 9.18 Å². The summed E-state index contributed by atoms with van der Waals surface area (Å²) in [4.78, 5) is 10.8. The Labute approximate surface area is 97.3 Å². The topological polar surface area (TPSA) is 55.1 Å². The summed E-state index contributed by atoms with van der Waals surface area (Å²) in [5.41, 5.74) is 1.94. The van der Waals surface area contributed by atoms with Crippen molar-refractivity contribution in [3.05, 3.63) is 41.6 Å². The van der Waals surface area contributed by atoms with Gasteiger partial charge in [0.1, 0.15) is 6.67 Å². The third-order valence-electron chi connectivity index (χ3n) is 2.48. The Morgan fingerprint density at radius 1 is 1.47 bits per heavy atom. The summed E-state index contributed by atoms with van der Waals surface area (Å²) in [6.45, 7) is -0.544. The highest BCUT2D eigenvalue weighted by atomic mass is 19.1. The summed E-state index contributed by atoms with van der Waals surface area (Å²) >= 11 is 0. The second-order valence-electron chi connectivity index (χ2n) is 3.68. The van der Waals surface area contributed by atoms with Crippen LogP contribution in [0, 0.1) is 0 Å². The number of aryl methyl sites for hydroxylation is 1. The molecule has 2 rings (SSSR count). The third-order valence-corrected chi connectivity index (χ3v) is 2.48. The standard InChI is InChI=1S/C12H11FN2O2/c1-15-11(6-10(14-15)12(16)17)9-4-2-3-8(5-9)7-13/h2-6H,7H2,1H3,(H,16,17). The number of nitrogens with zero attached hydrogens (tertiary/aromatic N) is 2. The van der Waals surface area contributed by atoms with Crippen LogP contribution in [-0.2, 0) is 13.7 Å². The summed E-state index contributed by atoms with van der Waals surface area (Å²) in [6, 6.07) is 8.36. The maximum atomic E-state index is 12.5. The van der Waals surface area contributed by atoms with Crippen molar-refractivity contribution in [3.8, 4) is 11.3 Å². The highest BCUT2D eigenvalue weighted by Gasteiger charge is 2.12. The number of carbonyl (C=O) groups is 1. The third kappa shape index (κ3) is 2.18. The lowest BCUT2D eigenvalue weighted by molar-refractivity contribution is 0.0689. The second-order valence-corrected chi connectivity index (χ2v) is 3.68. The highest BCUT2D eigenvalue weighted by molar-refractivity contribution is 5.87. The van der Waals surface area contributed by atoms with Crippen LogP contribution in [0.2, 0.25) is 0 Å². The van der Waals surface area contributed by atoms with Crippen LogP contribution >= 0.6 is 0 Å². The number of halogens is 1. The zero-order chi connectivity index (χ0) is 12.4. The van der Waals surface area contributed by atoms with Gasteiger partial charge < -0.3 is 5.11 Å². The van der Waals surface area contributed by atoms with Crippen molar-refractivity contribution >= 4 is 5.97 Å². The molecule has 0 radical (unpaired) electrons. The van der Waals surface area contributed by atoms with Crippen molar-refractivity contribution in [2.45, 2.75) is 6.67 Å². The molecule has 0 atom stereocenters. The Bertz CT molecular complexity index is 563. The minimum atomic E-state index is -1.08. The number of benzene rings is 1. The van der Waals surface area contributed by atoms with E-state index >= 15 is 0 Å². The van der Waals surface area contributed by atoms with Gasteiger partial charge in [0, 0.05) is 12.6 Å². The summed E-state index contributed by atoms with van der Waals surface area (Å²) in [7, 11) is 1.66. The fraction of sp³-hybridized carbons (Fsp3) is 0.167. The smallest absolute Gasteiger partial charge is 0.356 e. The zero-order valence-electron chi connectivity index (χ0n) is 9.22. The fourth-order valence-corrected chi connectivity index (χ4v) is 1.66. The quantitative estimate of drug-likeness (QED) is 0.886. The molecule has 0 aliphatic carbocycles. The lowest BCUT2D eigenvalue weighted by Crippen LogP contribution is -1.99. The summed E-state index contributed by atoms with van der Waals surface area (Å²) in [5, 5.41) is 12.7. The normalized spacial score (nSPS) is 10.5. The number of hydrogen-bond acceptors (Lipinski definition) is 2. The molecular formula is C12H11FN2O2. The van der Waals surface area contributed by atoms with E-state index in [4.69, 9.17) is 5.11 Å². The number of carboxylic acids is 1. The van der Waals surface area contributed by atoms with Crippen LogP contribution < -0.4 is 0 Å². The monoisotopic (exact) mass is 234 g/mol. The first kappa shape index (κ1) is 11.3. The van der Waals surface area contributed by atoms with E-state index in [2.05, 4.69) is 5.10 Å². The molecule has 17 heavy (non-hydrogen) atoms. The van der Waals surface area contributed by atoms with Crippen LogP contribution in [0.4, 0.5) is 4.39 Å². The molecule has 0 unspecified atom stereocenters. The molecule has 0 saturated carbocycles. The van der Waals surface area contributed by atoms with Gasteiger partial charge in [-0.25, -0.2) is 9.18 Å². The summed E-state index contributed by atoms with van der Waals surface area (Å²) in [5.74, 6) is -1.08. The number of aromatic carboxylic acids is 1. The molecule has 0 fully saturated rings. The van der Waals surface area contributed by atoms with Gasteiger partial charge in [0.2, 0.25) is 0 Å². The molecule has 0 aliphatic rings. The largest absolute Gasteiger partial charge is 0.476 e. The van der Waals surface area contributed by atoms with Gasteiger partial charge in [0.25, 0.3) is 0 Å². The molecule has 0 bridgehead atoms. The minimum absolute atomic E-state index is 0.0202. The second kappa shape index (κ2) is 4.37. The average molecular weight is 234 g/mol. The van der Waals surface area contributed by atoms with E-state index in [0.717, 1.165) is 5.56 Å². The van der Waals surface area contributed by atoms with Gasteiger partial charge in [-0.3, -0.25) is 4.68 Å². The molecule has 0 aliphatic heterocycles. The van der Waals surface area contributed by atoms with Gasteiger partial charge in [0.15, 0.2) is 5.69 Å². The maximum Gasteiger partial charge on any atom is 0.356 e. The molecule has 1 N–H and O–H groups in total. The highest BCUT2D eigenvalue weighted by Crippen LogP contribution is 2.21. The Morgan fingerprint density at radius 3 is 2.82 bits per heavy atom. The molecule has 5 heteroatoms. The molecular weight excluding hydrogens is 223 g/mol. The van der Waals surface area contributed by atoms with E-state index in [1.807, 2.05) is 0 Å². The number of rotatable bonds is 3. The first-order chi connectivity index (χ1) is 8.11. The van der Waals surface area contributed by atoms with Gasteiger partial charge in [-0.2, -0.15) is 5.10 Å². The molecule has 0 saturated heterocycles. The van der Waals surface area contributed by atoms with Gasteiger partial charge >= 0.3 is 5.97 Å². The average Bonchev–Trinajstić information content (AvgIpc) is 2.72. The van der Waals surface area contributed by atoms with Crippen molar-refractivity contribution in [3.63, 3.8) is 0 Å². The zero-order valence-corrected chi connectivity index (χ0v) is 9.22. The lowest BCUT2D eigenvalue weighted by atomic mass is 10.1. The van der Waals surface area contributed by atoms with Gasteiger partial charge in [-0.1, -0.05) is 18.2 Å². The van der Waals surface area contributed by atoms with Crippen LogP contribution in [0.15, 0.2) is 30.3 Å². The van der Waals surface area contributed by atoms with Crippen LogP contribution in [-0.4, -0.2) is 20.9 Å². The molecule has 1 heterocycles. The minimum Gasteiger partial charge on any atom is -0.476 e. The fourth-order valence-electron chi connectivity index (χ4n) is 1.66. The number of hydrogen-bond donors (Lipinski definition) is 1. The lowest BCUT2D eigenvalue weighted by Gasteiger charge is -2.02. The predicted octanol–water partition coefficient (Wildman–Crippen LogP) is 2.25. The summed E-state index contributed by atoms with van der Waals surface area (Å²) < 4.78 is 14.0. The van der Waals surface area contributed by atoms with Crippen LogP contribution in [0.25, 0.3) is 11.3 Å². The predicted molar refractivity (Wildman–Crippen MR) is 60.4 cm³/mol. The first-order valence-electron chi connectivity index (χ1n) is 5.04. The molecule has 1 aromatic carbocycles. The Hall–Kier alpha value is -2.17. The first-order valence-corrected chi connectivity index (χ1v) is 5.04. The molecule has 1 aromatic heterocycles. The molecule has 4 nitrogen and oxygen atoms in total. The van der Waals surface area contributed by atoms with E-state index in [1.54, 1.807) is 31.3 Å². The van der Waals surface area contributed by atoms with E-state index < -0.39 is 12.6 Å². The van der Waals surface area contributed by atoms with Gasteiger partial charge in [-0.05, 0) is 17.7 Å². The summed E-state index contributed by atoms with van der Waals surface area (Å²) in [6.07, 6.45) is 0. The van der Waals surface area contributed by atoms with Crippen molar-refractivity contribution in [2.75, 3.05) is 0 Å². The molecule has 2 aromatic rings. The van der Waals surface area contributed by atoms with Crippen molar-refractivity contribution in [2.24, 2.45) is 7.05 Å². The Balaban J connectivity index is 2.48.